The number of carboxylic acid groups (broad SMARTS) is 1. The summed E-state index contributed by atoms with van der Waals surface area (Å²) in [6.07, 6.45) is 1.69. The van der Waals surface area contributed by atoms with Crippen molar-refractivity contribution in [3.05, 3.63) is 50.9 Å². The normalized spacial score (nSPS) is 22.9. The number of nitrogens with one attached hydrogen (secondary N) is 1. The third kappa shape index (κ3) is 7.04. The first kappa shape index (κ1) is 37.1. The summed E-state index contributed by atoms with van der Waals surface area (Å²) in [7, 11) is 0. The van der Waals surface area contributed by atoms with Crippen molar-refractivity contribution in [2.24, 2.45) is 5.16 Å². The van der Waals surface area contributed by atoms with E-state index in [-0.39, 0.29) is 94.3 Å². The van der Waals surface area contributed by atoms with E-state index < -0.39 is 46.8 Å². The first-order valence-electron chi connectivity index (χ1n) is 15.0. The van der Waals surface area contributed by atoms with Crippen molar-refractivity contribution >= 4 is 93.5 Å². The third-order valence-electron chi connectivity index (χ3n) is 8.35. The monoisotopic (exact) mass is 741 g/mol. The molecule has 1 radical (unpaired) electrons. The molecule has 50 heavy (non-hydrogen) atoms. The van der Waals surface area contributed by atoms with Gasteiger partial charge in [0.1, 0.15) is 17.1 Å². The van der Waals surface area contributed by atoms with E-state index in [0.29, 0.717) is 37.3 Å². The number of allylic oxidation sites excluding steroid dienone is 1. The number of likely N-dealkylation sites (tertiary alicyclic amines) is 2. The molecule has 5 N–H and O–H groups in total. The number of nitrogens with two attached hydrogens (primary N) is 1. The van der Waals surface area contributed by atoms with Crippen LogP contribution in [0.2, 0.25) is 0 Å². The van der Waals surface area contributed by atoms with Crippen LogP contribution < -0.4 is 16.9 Å². The van der Waals surface area contributed by atoms with Crippen molar-refractivity contribution in [1.29, 1.82) is 0 Å². The molecule has 4 aliphatic rings. The molecular formula is C28H30N8NaO11S2. The number of nitrogen functional groups attached to an aromatic ring is 1. The summed E-state index contributed by atoms with van der Waals surface area (Å²) in [5.74, 6) is -4.03. The predicted octanol–water partition coefficient (Wildman–Crippen LogP) is -0.104. The molecule has 4 aliphatic heterocycles. The van der Waals surface area contributed by atoms with E-state index in [1.807, 2.05) is 0 Å². The van der Waals surface area contributed by atoms with Crippen LogP contribution in [0.3, 0.4) is 0 Å². The van der Waals surface area contributed by atoms with Gasteiger partial charge >= 0.3 is 17.9 Å². The van der Waals surface area contributed by atoms with E-state index in [9.17, 15) is 39.1 Å². The molecule has 3 fully saturated rings. The van der Waals surface area contributed by atoms with Gasteiger partial charge in [0.15, 0.2) is 23.3 Å². The Labute approximate surface area is 313 Å². The molecular weight excluding hydrogens is 711 g/mol. The number of anilines is 1. The molecule has 19 nitrogen and oxygen atoms in total. The van der Waals surface area contributed by atoms with Gasteiger partial charge in [-0.2, -0.15) is 9.36 Å². The number of rotatable bonds is 9. The smallest absolute Gasteiger partial charge is 0.477 e. The van der Waals surface area contributed by atoms with Gasteiger partial charge < -0.3 is 44.7 Å². The minimum Gasteiger partial charge on any atom is -0.477 e. The number of nitrogens with zero attached hydrogens (tertiary/aromatic N) is 6. The largest absolute Gasteiger partial charge is 0.519 e. The Bertz CT molecular complexity index is 1880. The molecule has 6 rings (SSSR count). The second-order valence-corrected chi connectivity index (χ2v) is 13.6. The Kier molecular flexibility index (Phi) is 11.1. The Morgan fingerprint density at radius 1 is 1.22 bits per heavy atom. The number of carbonyl (C=O) groups is 5. The van der Waals surface area contributed by atoms with Crippen LogP contribution >= 0.6 is 23.3 Å². The maximum Gasteiger partial charge on any atom is 0.519 e. The first-order chi connectivity index (χ1) is 23.4. The van der Waals surface area contributed by atoms with E-state index in [4.69, 9.17) is 19.3 Å². The van der Waals surface area contributed by atoms with Gasteiger partial charge in [-0.15, -0.1) is 11.8 Å². The number of carboxylic acids is 1. The van der Waals surface area contributed by atoms with Crippen LogP contribution in [0.4, 0.5) is 9.93 Å². The molecule has 0 aromatic carbocycles. The molecule has 0 spiro atoms. The van der Waals surface area contributed by atoms with E-state index in [0.717, 1.165) is 16.4 Å². The van der Waals surface area contributed by atoms with Gasteiger partial charge in [0, 0.05) is 78.0 Å². The second kappa shape index (κ2) is 15.0. The zero-order valence-electron chi connectivity index (χ0n) is 27.0. The van der Waals surface area contributed by atoms with Gasteiger partial charge in [0.05, 0.1) is 6.04 Å². The van der Waals surface area contributed by atoms with Crippen LogP contribution in [-0.4, -0.2) is 142 Å². The number of aliphatic carboxylic acids is 1. The van der Waals surface area contributed by atoms with Crippen molar-refractivity contribution < 1.29 is 47.9 Å². The number of aromatic nitrogens is 2. The number of hydrogen-bond acceptors (Lipinski definition) is 16. The van der Waals surface area contributed by atoms with Crippen molar-refractivity contribution in [1.82, 2.24) is 29.4 Å². The standard InChI is InChI=1S/C28H30N8O11S2.Na/c1-11(2)19-15(46-28(43)47-19)9-45-27(42)34-5-4-14(8-34)35-6-3-12(22(35)38)7-13-10-48-24-17(23(39)36(24)18(13)25(40)41)30-21(37)16(32-44)20-31-26(29)49-33-20;/h7,11,14,17,24,44H,3-6,8-10H2,1-2H3,(H,30,37)(H,40,41)(H2,29,31,33);/t14-,17-,24-;/m1./s1. The molecule has 261 valence electrons. The molecule has 22 heteroatoms. The van der Waals surface area contributed by atoms with Crippen molar-refractivity contribution in [2.75, 3.05) is 31.1 Å². The average molecular weight is 742 g/mol. The van der Waals surface area contributed by atoms with Crippen LogP contribution in [-0.2, 0) is 30.5 Å². The zero-order valence-corrected chi connectivity index (χ0v) is 30.6. The van der Waals surface area contributed by atoms with Gasteiger partial charge in [-0.05, 0) is 24.5 Å². The number of oxime groups is 1. The van der Waals surface area contributed by atoms with Gasteiger partial charge in [-0.3, -0.25) is 19.3 Å². The molecule has 2 aromatic heterocycles. The fraction of sp³-hybridized carbons (Fsp3) is 0.464. The van der Waals surface area contributed by atoms with Crippen LogP contribution in [0.25, 0.3) is 0 Å². The van der Waals surface area contributed by atoms with Crippen molar-refractivity contribution in [2.45, 2.75) is 56.7 Å². The fourth-order valence-electron chi connectivity index (χ4n) is 6.05. The Balaban J connectivity index is 0.00000486. The number of ether oxygens (including phenoxy) is 1. The SMILES string of the molecule is CC(C)c1oc(=O)oc1COC(=O)N1CC[C@@H](N2CCC(=CC3=C(C(=O)O)N4C(=O)[C@@H](NC(=O)C(=NO)c5nsc(N)n5)[C@H]4SC3)C2=O)C1.[Na]. The minimum absolute atomic E-state index is 0. The number of hydrogen-bond donors (Lipinski definition) is 4. The molecule has 0 bridgehead atoms. The summed E-state index contributed by atoms with van der Waals surface area (Å²) in [4.78, 5) is 83.9. The number of β-lactam (4-membered cyclic amide) rings is 1. The topological polar surface area (TPSA) is 264 Å². The van der Waals surface area contributed by atoms with Gasteiger partial charge in [0.25, 0.3) is 11.8 Å². The summed E-state index contributed by atoms with van der Waals surface area (Å²) in [5.41, 5.74) is 5.30. The third-order valence-corrected chi connectivity index (χ3v) is 10.2. The van der Waals surface area contributed by atoms with E-state index in [2.05, 4.69) is 19.8 Å². The van der Waals surface area contributed by atoms with E-state index in [1.54, 1.807) is 18.7 Å². The summed E-state index contributed by atoms with van der Waals surface area (Å²) in [6, 6.07) is -1.42. The number of fused-ring (bicyclic) bond motifs is 1. The molecule has 4 amide bonds. The van der Waals surface area contributed by atoms with Gasteiger partial charge in [-0.25, -0.2) is 14.4 Å². The molecule has 0 aliphatic carbocycles. The maximum atomic E-state index is 13.5. The quantitative estimate of drug-likeness (QED) is 0.0653. The minimum atomic E-state index is -1.38. The predicted molar refractivity (Wildman–Crippen MR) is 174 cm³/mol. The molecule has 0 saturated carbocycles. The van der Waals surface area contributed by atoms with Crippen LogP contribution in [0.1, 0.15) is 50.0 Å². The Morgan fingerprint density at radius 2 is 1.98 bits per heavy atom. The Hall–Kier alpha value is -4.18. The zero-order chi connectivity index (χ0) is 35.1. The molecule has 3 atom stereocenters. The molecule has 3 saturated heterocycles. The average Bonchev–Trinajstić information content (AvgIpc) is 3.87. The van der Waals surface area contributed by atoms with Gasteiger partial charge in [-0.1, -0.05) is 19.0 Å². The molecule has 2 aromatic rings. The van der Waals surface area contributed by atoms with Crippen LogP contribution in [0.5, 0.6) is 0 Å². The molecule has 6 heterocycles. The van der Waals surface area contributed by atoms with E-state index in [1.165, 1.54) is 22.7 Å². The number of amides is 4. The fourth-order valence-corrected chi connectivity index (χ4v) is 7.79. The van der Waals surface area contributed by atoms with Crippen molar-refractivity contribution in [3.63, 3.8) is 0 Å². The maximum absolute atomic E-state index is 13.5. The first-order valence-corrected chi connectivity index (χ1v) is 16.8. The number of carbonyl (C=O) groups excluding carboxylic acids is 4. The van der Waals surface area contributed by atoms with E-state index >= 15 is 0 Å². The van der Waals surface area contributed by atoms with Crippen LogP contribution in [0, 0.1) is 0 Å². The van der Waals surface area contributed by atoms with Crippen molar-refractivity contribution in [3.8, 4) is 0 Å². The van der Waals surface area contributed by atoms with Crippen LogP contribution in [0.15, 0.2) is 41.7 Å². The number of thioether (sulfide) groups is 1. The van der Waals surface area contributed by atoms with Gasteiger partial charge in [0.2, 0.25) is 17.4 Å². The second-order valence-electron chi connectivity index (χ2n) is 11.7. The summed E-state index contributed by atoms with van der Waals surface area (Å²) in [5, 5.41) is 24.0. The Morgan fingerprint density at radius 3 is 2.64 bits per heavy atom. The summed E-state index contributed by atoms with van der Waals surface area (Å²) in [6.45, 7) is 4.23. The summed E-state index contributed by atoms with van der Waals surface area (Å²) >= 11 is 1.97. The summed E-state index contributed by atoms with van der Waals surface area (Å²) < 4.78 is 19.2. The molecule has 0 unspecified atom stereocenters.